The quantitative estimate of drug-likeness (QED) is 0.513. The number of methoxy groups -OCH3 is 1. The second kappa shape index (κ2) is 11.4. The summed E-state index contributed by atoms with van der Waals surface area (Å²) in [4.78, 5) is 54.4. The smallest absolute Gasteiger partial charge is 0.261 e. The summed E-state index contributed by atoms with van der Waals surface area (Å²) < 4.78 is 5.31. The van der Waals surface area contributed by atoms with Crippen LogP contribution in [0.4, 0.5) is 0 Å². The van der Waals surface area contributed by atoms with Gasteiger partial charge >= 0.3 is 0 Å². The Morgan fingerprint density at radius 2 is 1.72 bits per heavy atom. The maximum absolute atomic E-state index is 13.4. The predicted molar refractivity (Wildman–Crippen MR) is 134 cm³/mol. The van der Waals surface area contributed by atoms with Crippen molar-refractivity contribution in [3.8, 4) is 5.75 Å². The van der Waals surface area contributed by atoms with Crippen molar-refractivity contribution in [1.82, 2.24) is 15.1 Å². The number of imide groups is 1. The Kier molecular flexibility index (Phi) is 8.03. The van der Waals surface area contributed by atoms with Crippen LogP contribution in [0.25, 0.3) is 0 Å². The van der Waals surface area contributed by atoms with Crippen LogP contribution in [0.2, 0.25) is 0 Å². The molecule has 1 aliphatic heterocycles. The van der Waals surface area contributed by atoms with E-state index in [1.165, 1.54) is 4.90 Å². The van der Waals surface area contributed by atoms with Gasteiger partial charge in [-0.1, -0.05) is 37.1 Å². The van der Waals surface area contributed by atoms with Gasteiger partial charge in [0.25, 0.3) is 11.8 Å². The molecule has 0 saturated heterocycles. The summed E-state index contributed by atoms with van der Waals surface area (Å²) in [6, 6.07) is 13.6. The lowest BCUT2D eigenvalue weighted by molar-refractivity contribution is -0.141. The van der Waals surface area contributed by atoms with E-state index in [2.05, 4.69) is 5.32 Å². The molecule has 1 saturated carbocycles. The second-order valence-corrected chi connectivity index (χ2v) is 9.45. The van der Waals surface area contributed by atoms with E-state index in [9.17, 15) is 19.2 Å². The fraction of sp³-hybridized carbons (Fsp3) is 0.429. The molecule has 1 heterocycles. The summed E-state index contributed by atoms with van der Waals surface area (Å²) in [5.74, 6) is -0.364. The molecule has 2 aromatic carbocycles. The summed E-state index contributed by atoms with van der Waals surface area (Å²) in [6.45, 7) is 2.14. The third kappa shape index (κ3) is 5.58. The molecule has 4 amide bonds. The van der Waals surface area contributed by atoms with Crippen LogP contribution in [-0.2, 0) is 16.1 Å². The molecular weight excluding hydrogens is 458 g/mol. The van der Waals surface area contributed by atoms with Crippen LogP contribution in [-0.4, -0.2) is 59.2 Å². The summed E-state index contributed by atoms with van der Waals surface area (Å²) >= 11 is 0. The van der Waals surface area contributed by atoms with Crippen molar-refractivity contribution < 1.29 is 23.9 Å². The Labute approximate surface area is 211 Å². The highest BCUT2D eigenvalue weighted by Gasteiger charge is 2.35. The van der Waals surface area contributed by atoms with E-state index in [1.54, 1.807) is 43.2 Å². The highest BCUT2D eigenvalue weighted by Crippen LogP contribution is 2.23. The Morgan fingerprint density at radius 3 is 2.36 bits per heavy atom. The lowest BCUT2D eigenvalue weighted by atomic mass is 10.1. The number of hydrogen-bond acceptors (Lipinski definition) is 5. The average Bonchev–Trinajstić information content (AvgIpc) is 3.49. The Balaban J connectivity index is 1.42. The topological polar surface area (TPSA) is 96.0 Å². The van der Waals surface area contributed by atoms with Gasteiger partial charge in [0.1, 0.15) is 11.8 Å². The number of ether oxygens (including phenoxy) is 1. The molecule has 1 N–H and O–H groups in total. The molecule has 0 radical (unpaired) electrons. The third-order valence-corrected chi connectivity index (χ3v) is 7.01. The Morgan fingerprint density at radius 1 is 1.06 bits per heavy atom. The first-order valence-corrected chi connectivity index (χ1v) is 12.6. The Bertz CT molecular complexity index is 1110. The van der Waals surface area contributed by atoms with E-state index in [1.807, 2.05) is 24.3 Å². The molecule has 1 fully saturated rings. The zero-order valence-corrected chi connectivity index (χ0v) is 20.9. The van der Waals surface area contributed by atoms with Crippen molar-refractivity contribution in [3.63, 3.8) is 0 Å². The van der Waals surface area contributed by atoms with E-state index in [0.717, 1.165) is 31.2 Å². The zero-order chi connectivity index (χ0) is 25.7. The van der Waals surface area contributed by atoms with E-state index >= 15 is 0 Å². The standard InChI is InChI=1S/C28H33N3O5/c1-19(26(33)29-21-10-3-4-11-21)31(18-20-9-7-12-22(17-20)36-2)25(32)15-8-16-30-27(34)23-13-5-6-14-24(23)28(30)35/h5-7,9,12-14,17,19,21H,3-4,8,10-11,15-16,18H2,1-2H3,(H,29,33)/t19-/m1/s1. The lowest BCUT2D eigenvalue weighted by Crippen LogP contribution is -2.49. The number of rotatable bonds is 10. The normalized spacial score (nSPS) is 16.1. The largest absolute Gasteiger partial charge is 0.497 e. The molecule has 0 bridgehead atoms. The molecular formula is C28H33N3O5. The maximum atomic E-state index is 13.4. The average molecular weight is 492 g/mol. The molecule has 0 unspecified atom stereocenters. The lowest BCUT2D eigenvalue weighted by Gasteiger charge is -2.30. The van der Waals surface area contributed by atoms with Crippen LogP contribution >= 0.6 is 0 Å². The van der Waals surface area contributed by atoms with Crippen molar-refractivity contribution in [2.24, 2.45) is 0 Å². The number of nitrogens with one attached hydrogen (secondary N) is 1. The molecule has 0 aromatic heterocycles. The molecule has 2 aromatic rings. The predicted octanol–water partition coefficient (Wildman–Crippen LogP) is 3.55. The maximum Gasteiger partial charge on any atom is 0.261 e. The number of carbonyl (C=O) groups excluding carboxylic acids is 4. The van der Waals surface area contributed by atoms with Crippen molar-refractivity contribution in [1.29, 1.82) is 0 Å². The number of hydrogen-bond donors (Lipinski definition) is 1. The molecule has 8 heteroatoms. The van der Waals surface area contributed by atoms with Gasteiger partial charge < -0.3 is 15.0 Å². The van der Waals surface area contributed by atoms with E-state index in [-0.39, 0.29) is 49.2 Å². The fourth-order valence-electron chi connectivity index (χ4n) is 4.92. The van der Waals surface area contributed by atoms with Crippen molar-refractivity contribution >= 4 is 23.6 Å². The van der Waals surface area contributed by atoms with Gasteiger partial charge in [-0.3, -0.25) is 24.1 Å². The van der Waals surface area contributed by atoms with Crippen LogP contribution in [0.3, 0.4) is 0 Å². The Hall–Kier alpha value is -3.68. The fourth-order valence-corrected chi connectivity index (χ4v) is 4.92. The number of nitrogens with zero attached hydrogens (tertiary/aromatic N) is 2. The SMILES string of the molecule is COc1cccc(CN(C(=O)CCCN2C(=O)c3ccccc3C2=O)[C@H](C)C(=O)NC2CCCC2)c1. The molecule has 36 heavy (non-hydrogen) atoms. The summed E-state index contributed by atoms with van der Waals surface area (Å²) in [7, 11) is 1.58. The highest BCUT2D eigenvalue weighted by atomic mass is 16.5. The zero-order valence-electron chi connectivity index (χ0n) is 20.9. The van der Waals surface area contributed by atoms with Crippen LogP contribution in [0.5, 0.6) is 5.75 Å². The van der Waals surface area contributed by atoms with E-state index < -0.39 is 6.04 Å². The second-order valence-electron chi connectivity index (χ2n) is 9.45. The monoisotopic (exact) mass is 491 g/mol. The minimum absolute atomic E-state index is 0.110. The molecule has 2 aliphatic rings. The van der Waals surface area contributed by atoms with Gasteiger partial charge in [-0.25, -0.2) is 0 Å². The van der Waals surface area contributed by atoms with Gasteiger partial charge in [0.15, 0.2) is 0 Å². The van der Waals surface area contributed by atoms with Crippen LogP contribution in [0.1, 0.15) is 71.7 Å². The highest BCUT2D eigenvalue weighted by molar-refractivity contribution is 6.21. The van der Waals surface area contributed by atoms with Crippen LogP contribution in [0.15, 0.2) is 48.5 Å². The number of benzene rings is 2. The molecule has 0 spiro atoms. The number of fused-ring (bicyclic) bond motifs is 1. The van der Waals surface area contributed by atoms with Gasteiger partial charge in [-0.2, -0.15) is 0 Å². The number of carbonyl (C=O) groups is 4. The van der Waals surface area contributed by atoms with Crippen molar-refractivity contribution in [3.05, 3.63) is 65.2 Å². The first kappa shape index (κ1) is 25.4. The van der Waals surface area contributed by atoms with Gasteiger partial charge in [-0.05, 0) is 56.0 Å². The van der Waals surface area contributed by atoms with Crippen LogP contribution in [0, 0.1) is 0 Å². The third-order valence-electron chi connectivity index (χ3n) is 7.01. The molecule has 8 nitrogen and oxygen atoms in total. The molecule has 190 valence electrons. The summed E-state index contributed by atoms with van der Waals surface area (Å²) in [5.41, 5.74) is 1.64. The van der Waals surface area contributed by atoms with Gasteiger partial charge in [0, 0.05) is 25.6 Å². The van der Waals surface area contributed by atoms with E-state index in [0.29, 0.717) is 23.3 Å². The first-order valence-electron chi connectivity index (χ1n) is 12.6. The molecule has 4 rings (SSSR count). The summed E-state index contributed by atoms with van der Waals surface area (Å²) in [6.07, 6.45) is 4.55. The van der Waals surface area contributed by atoms with Crippen molar-refractivity contribution in [2.75, 3.05) is 13.7 Å². The van der Waals surface area contributed by atoms with Gasteiger partial charge in [0.05, 0.1) is 18.2 Å². The summed E-state index contributed by atoms with van der Waals surface area (Å²) in [5, 5.41) is 3.09. The van der Waals surface area contributed by atoms with E-state index in [4.69, 9.17) is 4.74 Å². The van der Waals surface area contributed by atoms with Gasteiger partial charge in [0.2, 0.25) is 11.8 Å². The minimum Gasteiger partial charge on any atom is -0.497 e. The number of amides is 4. The molecule has 1 aliphatic carbocycles. The van der Waals surface area contributed by atoms with Crippen molar-refractivity contribution in [2.45, 2.75) is 64.1 Å². The molecule has 1 atom stereocenters. The minimum atomic E-state index is -0.663. The van der Waals surface area contributed by atoms with Crippen LogP contribution < -0.4 is 10.1 Å². The van der Waals surface area contributed by atoms with Gasteiger partial charge in [-0.15, -0.1) is 0 Å². The first-order chi connectivity index (χ1) is 17.4.